The average molecular weight is 156 g/mol. The lowest BCUT2D eigenvalue weighted by Gasteiger charge is -2.07. The molecule has 1 aromatic heterocycles. The predicted molar refractivity (Wildman–Crippen MR) is 44.8 cm³/mol. The Balaban J connectivity index is 2.82. The number of rotatable bonds is 2. The zero-order valence-electron chi connectivity index (χ0n) is 6.22. The molecule has 1 rings (SSSR count). The molecule has 1 heterocycles. The van der Waals surface area contributed by atoms with Crippen molar-refractivity contribution in [2.24, 2.45) is 5.84 Å². The highest BCUT2D eigenvalue weighted by Gasteiger charge is 2.05. The monoisotopic (exact) mass is 156 g/mol. The van der Waals surface area contributed by atoms with Gasteiger partial charge in [0.15, 0.2) is 0 Å². The molecule has 0 bridgehead atoms. The molecule has 1 unspecified atom stereocenters. The second-order valence-electron chi connectivity index (χ2n) is 2.36. The van der Waals surface area contributed by atoms with Gasteiger partial charge in [-0.2, -0.15) is 0 Å². The summed E-state index contributed by atoms with van der Waals surface area (Å²) in [5.74, 6) is 5.29. The largest absolute Gasteiger partial charge is 0.271 e. The number of nitrogens with one attached hydrogen (secondary N) is 1. The lowest BCUT2D eigenvalue weighted by atomic mass is 10.2. The number of hydrogen-bond acceptors (Lipinski definition) is 3. The van der Waals surface area contributed by atoms with Gasteiger partial charge >= 0.3 is 0 Å². The molecule has 0 spiro atoms. The van der Waals surface area contributed by atoms with Crippen LogP contribution in [0.5, 0.6) is 0 Å². The maximum absolute atomic E-state index is 5.29. The summed E-state index contributed by atoms with van der Waals surface area (Å²) in [6.07, 6.45) is 0. The van der Waals surface area contributed by atoms with Crippen LogP contribution in [0.3, 0.4) is 0 Å². The molecule has 56 valence electrons. The summed E-state index contributed by atoms with van der Waals surface area (Å²) in [7, 11) is 0. The number of nitrogens with two attached hydrogens (primary N) is 1. The number of aryl methyl sites for hydroxylation is 1. The lowest BCUT2D eigenvalue weighted by molar-refractivity contribution is 0.609. The van der Waals surface area contributed by atoms with Gasteiger partial charge in [-0.15, -0.1) is 11.3 Å². The average Bonchev–Trinajstić information content (AvgIpc) is 2.34. The molecule has 3 heteroatoms. The predicted octanol–water partition coefficient (Wildman–Crippen LogP) is 1.58. The van der Waals surface area contributed by atoms with Gasteiger partial charge in [0.25, 0.3) is 0 Å². The Morgan fingerprint density at radius 2 is 2.40 bits per heavy atom. The molecule has 0 saturated carbocycles. The first-order valence-electron chi connectivity index (χ1n) is 3.26. The van der Waals surface area contributed by atoms with Gasteiger partial charge in [-0.3, -0.25) is 11.3 Å². The summed E-state index contributed by atoms with van der Waals surface area (Å²) < 4.78 is 0. The third kappa shape index (κ3) is 1.37. The van der Waals surface area contributed by atoms with Crippen molar-refractivity contribution in [2.75, 3.05) is 0 Å². The Hall–Kier alpha value is -0.380. The molecule has 0 saturated heterocycles. The highest BCUT2D eigenvalue weighted by molar-refractivity contribution is 7.10. The maximum Gasteiger partial charge on any atom is 0.0527 e. The van der Waals surface area contributed by atoms with E-state index in [2.05, 4.69) is 30.7 Å². The summed E-state index contributed by atoms with van der Waals surface area (Å²) >= 11 is 1.74. The van der Waals surface area contributed by atoms with Crippen LogP contribution >= 0.6 is 11.3 Å². The van der Waals surface area contributed by atoms with E-state index in [9.17, 15) is 0 Å². The van der Waals surface area contributed by atoms with Gasteiger partial charge in [0, 0.05) is 4.88 Å². The smallest absolute Gasteiger partial charge is 0.0527 e. The van der Waals surface area contributed by atoms with E-state index in [4.69, 9.17) is 5.84 Å². The first-order chi connectivity index (χ1) is 4.75. The van der Waals surface area contributed by atoms with Gasteiger partial charge in [0.2, 0.25) is 0 Å². The van der Waals surface area contributed by atoms with Crippen LogP contribution < -0.4 is 11.3 Å². The van der Waals surface area contributed by atoms with Crippen LogP contribution in [0.25, 0.3) is 0 Å². The topological polar surface area (TPSA) is 38.0 Å². The first kappa shape index (κ1) is 7.72. The van der Waals surface area contributed by atoms with E-state index >= 15 is 0 Å². The van der Waals surface area contributed by atoms with E-state index < -0.39 is 0 Å². The Kier molecular flexibility index (Phi) is 2.43. The van der Waals surface area contributed by atoms with Crippen molar-refractivity contribution in [3.63, 3.8) is 0 Å². The summed E-state index contributed by atoms with van der Waals surface area (Å²) in [4.78, 5) is 1.32. The number of hydrazine groups is 1. The van der Waals surface area contributed by atoms with Crippen LogP contribution in [0, 0.1) is 6.92 Å². The highest BCUT2D eigenvalue weighted by Crippen LogP contribution is 2.22. The standard InChI is InChI=1S/C7H12N2S/c1-5-3-4-10-7(5)6(2)9-8/h3-4,6,9H,8H2,1-2H3. The van der Waals surface area contributed by atoms with Gasteiger partial charge in [-0.1, -0.05) is 0 Å². The van der Waals surface area contributed by atoms with E-state index in [-0.39, 0.29) is 6.04 Å². The van der Waals surface area contributed by atoms with Crippen LogP contribution in [0.1, 0.15) is 23.4 Å². The van der Waals surface area contributed by atoms with Gasteiger partial charge in [0.05, 0.1) is 6.04 Å². The van der Waals surface area contributed by atoms with Gasteiger partial charge in [0.1, 0.15) is 0 Å². The molecule has 0 aliphatic carbocycles. The third-order valence-corrected chi connectivity index (χ3v) is 2.75. The molecule has 1 atom stereocenters. The van der Waals surface area contributed by atoms with E-state index in [1.54, 1.807) is 11.3 Å². The molecule has 0 fully saturated rings. The maximum atomic E-state index is 5.29. The van der Waals surface area contributed by atoms with Gasteiger partial charge in [-0.05, 0) is 30.9 Å². The fourth-order valence-electron chi connectivity index (χ4n) is 0.904. The normalized spacial score (nSPS) is 13.5. The quantitative estimate of drug-likeness (QED) is 0.504. The molecule has 0 aliphatic rings. The number of thiophene rings is 1. The van der Waals surface area contributed by atoms with Crippen LogP contribution in [-0.4, -0.2) is 0 Å². The van der Waals surface area contributed by atoms with Crippen molar-refractivity contribution in [3.8, 4) is 0 Å². The summed E-state index contributed by atoms with van der Waals surface area (Å²) in [5.41, 5.74) is 4.03. The highest BCUT2D eigenvalue weighted by atomic mass is 32.1. The molecule has 10 heavy (non-hydrogen) atoms. The van der Waals surface area contributed by atoms with Gasteiger partial charge in [-0.25, -0.2) is 0 Å². The molecule has 2 nitrogen and oxygen atoms in total. The fraction of sp³-hybridized carbons (Fsp3) is 0.429. The third-order valence-electron chi connectivity index (χ3n) is 1.54. The van der Waals surface area contributed by atoms with Crippen LogP contribution in [0.2, 0.25) is 0 Å². The molecular formula is C7H12N2S. The van der Waals surface area contributed by atoms with Crippen LogP contribution in [-0.2, 0) is 0 Å². The second kappa shape index (κ2) is 3.14. The molecule has 0 aromatic carbocycles. The SMILES string of the molecule is Cc1ccsc1C(C)NN. The minimum absolute atomic E-state index is 0.278. The fourth-order valence-corrected chi connectivity index (χ4v) is 1.85. The van der Waals surface area contributed by atoms with Crippen molar-refractivity contribution >= 4 is 11.3 Å². The molecule has 0 radical (unpaired) electrons. The molecule has 0 aliphatic heterocycles. The van der Waals surface area contributed by atoms with Crippen molar-refractivity contribution in [2.45, 2.75) is 19.9 Å². The van der Waals surface area contributed by atoms with Crippen molar-refractivity contribution in [1.82, 2.24) is 5.43 Å². The summed E-state index contributed by atoms with van der Waals surface area (Å²) in [6.45, 7) is 4.15. The Morgan fingerprint density at radius 3 is 2.80 bits per heavy atom. The minimum atomic E-state index is 0.278. The van der Waals surface area contributed by atoms with Crippen molar-refractivity contribution in [1.29, 1.82) is 0 Å². The van der Waals surface area contributed by atoms with Crippen molar-refractivity contribution < 1.29 is 0 Å². The first-order valence-corrected chi connectivity index (χ1v) is 4.13. The van der Waals surface area contributed by atoms with Gasteiger partial charge < -0.3 is 0 Å². The van der Waals surface area contributed by atoms with E-state index in [1.807, 2.05) is 0 Å². The van der Waals surface area contributed by atoms with E-state index in [1.165, 1.54) is 10.4 Å². The second-order valence-corrected chi connectivity index (χ2v) is 3.30. The number of hydrogen-bond donors (Lipinski definition) is 2. The van der Waals surface area contributed by atoms with Crippen molar-refractivity contribution in [3.05, 3.63) is 21.9 Å². The molecular weight excluding hydrogens is 144 g/mol. The Labute approximate surface area is 65.0 Å². The molecule has 1 aromatic rings. The van der Waals surface area contributed by atoms with Crippen LogP contribution in [0.15, 0.2) is 11.4 Å². The Bertz CT molecular complexity index is 207. The summed E-state index contributed by atoms with van der Waals surface area (Å²) in [6, 6.07) is 2.38. The van der Waals surface area contributed by atoms with Crippen LogP contribution in [0.4, 0.5) is 0 Å². The summed E-state index contributed by atoms with van der Waals surface area (Å²) in [5, 5.41) is 2.08. The van der Waals surface area contributed by atoms with E-state index in [0.717, 1.165) is 0 Å². The zero-order valence-corrected chi connectivity index (χ0v) is 7.03. The Morgan fingerprint density at radius 1 is 1.70 bits per heavy atom. The van der Waals surface area contributed by atoms with E-state index in [0.29, 0.717) is 0 Å². The lowest BCUT2D eigenvalue weighted by Crippen LogP contribution is -2.25. The molecule has 0 amide bonds. The molecule has 3 N–H and O–H groups in total. The zero-order chi connectivity index (χ0) is 7.56. The minimum Gasteiger partial charge on any atom is -0.271 e.